The maximum atomic E-state index is 13.0. The molecule has 2 saturated heterocycles. The number of hydroxylamine groups is 2. The van der Waals surface area contributed by atoms with Crippen LogP contribution in [0.2, 0.25) is 0 Å². The topological polar surface area (TPSA) is 115 Å². The minimum Gasteiger partial charge on any atom is -0.355 e. The average molecular weight is 525 g/mol. The van der Waals surface area contributed by atoms with Gasteiger partial charge in [0, 0.05) is 45.4 Å². The zero-order valence-electron chi connectivity index (χ0n) is 23.3. The van der Waals surface area contributed by atoms with Crippen molar-refractivity contribution < 1.29 is 24.7 Å². The van der Waals surface area contributed by atoms with E-state index >= 15 is 0 Å². The molecule has 2 fully saturated rings. The average Bonchev–Trinajstić information content (AvgIpc) is 3.58. The maximum Gasteiger partial charge on any atom is 0.281 e. The Morgan fingerprint density at radius 2 is 1.46 bits per heavy atom. The molecule has 37 heavy (non-hydrogen) atoms. The molecule has 2 heterocycles. The number of amides is 3. The second kappa shape index (κ2) is 19.4. The van der Waals surface area contributed by atoms with Gasteiger partial charge in [0.05, 0.1) is 6.04 Å². The predicted octanol–water partition coefficient (Wildman–Crippen LogP) is 1.94. The smallest absolute Gasteiger partial charge is 0.281 e. The first kappa shape index (κ1) is 31.5. The summed E-state index contributed by atoms with van der Waals surface area (Å²) in [5, 5.41) is 19.3. The van der Waals surface area contributed by atoms with Crippen LogP contribution in [-0.4, -0.2) is 79.2 Å². The Morgan fingerprint density at radius 1 is 0.838 bits per heavy atom. The van der Waals surface area contributed by atoms with Crippen LogP contribution >= 0.6 is 0 Å². The van der Waals surface area contributed by atoms with Gasteiger partial charge in [0.15, 0.2) is 6.04 Å². The summed E-state index contributed by atoms with van der Waals surface area (Å²) in [5.74, 6) is 0.116. The Morgan fingerprint density at radius 3 is 2.03 bits per heavy atom. The molecule has 0 radical (unpaired) electrons. The third kappa shape index (κ3) is 13.1. The van der Waals surface area contributed by atoms with Crippen LogP contribution < -0.4 is 21.0 Å². The lowest BCUT2D eigenvalue weighted by molar-refractivity contribution is -1.09. The summed E-state index contributed by atoms with van der Waals surface area (Å²) < 4.78 is 0. The van der Waals surface area contributed by atoms with Crippen molar-refractivity contribution in [2.24, 2.45) is 0 Å². The number of unbranched alkanes of at least 4 members (excludes halogenated alkanes) is 8. The minimum absolute atomic E-state index is 0.0553. The molecule has 9 nitrogen and oxygen atoms in total. The van der Waals surface area contributed by atoms with Gasteiger partial charge >= 0.3 is 0 Å². The van der Waals surface area contributed by atoms with Crippen LogP contribution in [0.3, 0.4) is 0 Å². The van der Waals surface area contributed by atoms with E-state index in [1.54, 1.807) is 0 Å². The second-order valence-corrected chi connectivity index (χ2v) is 10.8. The van der Waals surface area contributed by atoms with Gasteiger partial charge in [-0.15, -0.1) is 0 Å². The number of hydrogen-bond donors (Lipinski definition) is 5. The summed E-state index contributed by atoms with van der Waals surface area (Å²) in [6.07, 6.45) is 16.5. The number of carbonyl (C=O) groups is 3. The molecule has 0 spiro atoms. The molecule has 2 rings (SSSR count). The van der Waals surface area contributed by atoms with E-state index in [4.69, 9.17) is 0 Å². The lowest BCUT2D eigenvalue weighted by atomic mass is 10.1. The van der Waals surface area contributed by atoms with Gasteiger partial charge in [-0.2, -0.15) is 5.06 Å². The van der Waals surface area contributed by atoms with Gasteiger partial charge in [-0.25, -0.2) is 5.21 Å². The molecule has 3 unspecified atom stereocenters. The van der Waals surface area contributed by atoms with E-state index in [0.717, 1.165) is 45.1 Å². The molecule has 0 bridgehead atoms. The molecule has 5 N–H and O–H groups in total. The van der Waals surface area contributed by atoms with Crippen molar-refractivity contribution in [1.82, 2.24) is 20.9 Å². The Bertz CT molecular complexity index is 656. The first-order valence-electron chi connectivity index (χ1n) is 15.1. The van der Waals surface area contributed by atoms with Crippen LogP contribution in [0.4, 0.5) is 0 Å². The number of rotatable bonds is 20. The maximum absolute atomic E-state index is 13.0. The second-order valence-electron chi connectivity index (χ2n) is 10.8. The lowest BCUT2D eigenvalue weighted by Gasteiger charge is -2.23. The van der Waals surface area contributed by atoms with Crippen LogP contribution in [0.15, 0.2) is 0 Å². The molecule has 0 aromatic carbocycles. The molecule has 2 aliphatic heterocycles. The summed E-state index contributed by atoms with van der Waals surface area (Å²) in [6.45, 7) is 6.01. The van der Waals surface area contributed by atoms with Crippen LogP contribution in [0.25, 0.3) is 0 Å². The van der Waals surface area contributed by atoms with E-state index in [2.05, 4.69) is 22.9 Å². The van der Waals surface area contributed by atoms with E-state index < -0.39 is 0 Å². The van der Waals surface area contributed by atoms with Gasteiger partial charge in [-0.1, -0.05) is 58.3 Å². The van der Waals surface area contributed by atoms with Gasteiger partial charge < -0.3 is 20.9 Å². The van der Waals surface area contributed by atoms with Crippen molar-refractivity contribution in [3.63, 3.8) is 0 Å². The van der Waals surface area contributed by atoms with Crippen molar-refractivity contribution >= 4 is 17.7 Å². The van der Waals surface area contributed by atoms with Gasteiger partial charge in [0.1, 0.15) is 6.54 Å². The fraction of sp³-hybridized carbons (Fsp3) is 0.893. The molecule has 214 valence electrons. The highest BCUT2D eigenvalue weighted by molar-refractivity contribution is 5.82. The summed E-state index contributed by atoms with van der Waals surface area (Å²) in [4.78, 5) is 39.4. The molecular formula is C28H54N5O4+. The number of quaternary nitrogens is 1. The molecule has 2 aliphatic rings. The van der Waals surface area contributed by atoms with Crippen molar-refractivity contribution in [1.29, 1.82) is 0 Å². The fourth-order valence-electron chi connectivity index (χ4n) is 5.33. The standard InChI is InChI=1S/C28H53N5O4/c1-2-3-4-5-6-7-8-9-10-17-26(34)32(21-13-19-30-27(35)24-15-11-18-29-24)22-14-20-31-28(36)25-16-12-23-33(25)37/h24-25,29,37H,2-23H2,1H3,(H,30,35)(H,31,36)/p+1. The summed E-state index contributed by atoms with van der Waals surface area (Å²) in [6, 6.07) is -0.452. The van der Waals surface area contributed by atoms with Crippen LogP contribution in [0.5, 0.6) is 0 Å². The third-order valence-corrected chi connectivity index (χ3v) is 7.68. The molecule has 9 heteroatoms. The SMILES string of the molecule is CCCCCCCCCCCC(=O)N(CCCNC(=O)C1CCCN1)CCCNC(=O)C1CCC[NH+]1O. The van der Waals surface area contributed by atoms with E-state index in [0.29, 0.717) is 57.0 Å². The van der Waals surface area contributed by atoms with Crippen molar-refractivity contribution in [2.75, 3.05) is 39.3 Å². The minimum atomic E-state index is -0.373. The third-order valence-electron chi connectivity index (χ3n) is 7.68. The van der Waals surface area contributed by atoms with Gasteiger partial charge in [-0.3, -0.25) is 14.4 Å². The molecule has 0 aromatic heterocycles. The monoisotopic (exact) mass is 524 g/mol. The van der Waals surface area contributed by atoms with Crippen molar-refractivity contribution in [3.8, 4) is 0 Å². The molecule has 3 amide bonds. The molecule has 3 atom stereocenters. The lowest BCUT2D eigenvalue weighted by Crippen LogP contribution is -3.12. The quantitative estimate of drug-likeness (QED) is 0.156. The Balaban J connectivity index is 1.66. The summed E-state index contributed by atoms with van der Waals surface area (Å²) in [7, 11) is 0. The summed E-state index contributed by atoms with van der Waals surface area (Å²) in [5.41, 5.74) is 0. The number of carbonyl (C=O) groups excluding carboxylic acids is 3. The molecule has 0 aliphatic carbocycles. The van der Waals surface area contributed by atoms with Crippen molar-refractivity contribution in [3.05, 3.63) is 0 Å². The van der Waals surface area contributed by atoms with E-state index in [1.165, 1.54) is 44.9 Å². The zero-order valence-corrected chi connectivity index (χ0v) is 23.3. The molecule has 0 aromatic rings. The van der Waals surface area contributed by atoms with E-state index in [-0.39, 0.29) is 29.8 Å². The highest BCUT2D eigenvalue weighted by Gasteiger charge is 2.34. The van der Waals surface area contributed by atoms with Gasteiger partial charge in [0.2, 0.25) is 11.8 Å². The number of nitrogens with zero attached hydrogens (tertiary/aromatic N) is 1. The Kier molecular flexibility index (Phi) is 16.5. The number of hydrogen-bond acceptors (Lipinski definition) is 5. The fourth-order valence-corrected chi connectivity index (χ4v) is 5.33. The van der Waals surface area contributed by atoms with Crippen LogP contribution in [-0.2, 0) is 14.4 Å². The van der Waals surface area contributed by atoms with E-state index in [9.17, 15) is 19.6 Å². The largest absolute Gasteiger partial charge is 0.355 e. The van der Waals surface area contributed by atoms with Gasteiger partial charge in [0.25, 0.3) is 5.91 Å². The highest BCUT2D eigenvalue weighted by Crippen LogP contribution is 2.12. The first-order chi connectivity index (χ1) is 18.0. The summed E-state index contributed by atoms with van der Waals surface area (Å²) >= 11 is 0. The predicted molar refractivity (Wildman–Crippen MR) is 145 cm³/mol. The number of nitrogens with one attached hydrogen (secondary N) is 4. The van der Waals surface area contributed by atoms with Crippen molar-refractivity contribution in [2.45, 2.75) is 122 Å². The van der Waals surface area contributed by atoms with Gasteiger partial charge in [-0.05, 0) is 38.6 Å². The zero-order chi connectivity index (χ0) is 26.7. The van der Waals surface area contributed by atoms with E-state index in [1.807, 2.05) is 4.90 Å². The molecular weight excluding hydrogens is 470 g/mol. The highest BCUT2D eigenvalue weighted by atomic mass is 16.5. The molecule has 0 saturated carbocycles. The Hall–Kier alpha value is -1.71. The normalized spacial score (nSPS) is 21.2. The van der Waals surface area contributed by atoms with Crippen LogP contribution in [0.1, 0.15) is 110 Å². The van der Waals surface area contributed by atoms with Crippen LogP contribution in [0, 0.1) is 0 Å². The first-order valence-corrected chi connectivity index (χ1v) is 15.1. The Labute approximate surface area is 224 Å².